The van der Waals surface area contributed by atoms with E-state index in [1.807, 2.05) is 17.0 Å². The minimum absolute atomic E-state index is 0.561. The topological polar surface area (TPSA) is 15.6 Å². The number of fused-ring (bicyclic) bond motifs is 1. The van der Waals surface area contributed by atoms with E-state index in [0.717, 1.165) is 17.1 Å². The zero-order valence-electron chi connectivity index (χ0n) is 7.20. The molecule has 0 spiro atoms. The lowest BCUT2D eigenvalue weighted by atomic mass is 10.3. The predicted molar refractivity (Wildman–Crippen MR) is 58.6 cm³/mol. The van der Waals surface area contributed by atoms with Gasteiger partial charge in [-0.25, -0.2) is 0 Å². The molecule has 1 heterocycles. The van der Waals surface area contributed by atoms with E-state index in [1.165, 1.54) is 11.9 Å². The Hall–Kier alpha value is -0.670. The molecule has 2 nitrogen and oxygen atoms in total. The molecule has 1 aliphatic rings. The second-order valence-electron chi connectivity index (χ2n) is 2.66. The molecule has 0 aromatic heterocycles. The van der Waals surface area contributed by atoms with Crippen LogP contribution in [0.25, 0.3) is 0 Å². The molecule has 4 heteroatoms. The van der Waals surface area contributed by atoms with Crippen molar-refractivity contribution in [2.24, 2.45) is 4.40 Å². The first-order valence-corrected chi connectivity index (χ1v) is 5.25. The number of halogens is 1. The molecule has 0 bridgehead atoms. The molecule has 0 saturated carbocycles. The van der Waals surface area contributed by atoms with Crippen LogP contribution in [0.2, 0.25) is 0 Å². The van der Waals surface area contributed by atoms with Crippen molar-refractivity contribution in [2.75, 3.05) is 11.4 Å². The van der Waals surface area contributed by atoms with E-state index in [2.05, 4.69) is 23.5 Å². The van der Waals surface area contributed by atoms with Crippen LogP contribution in [0.4, 0.5) is 5.69 Å². The Morgan fingerprint density at radius 3 is 3.00 bits per heavy atom. The largest absolute Gasteiger partial charge is 0.315 e. The lowest BCUT2D eigenvalue weighted by Crippen LogP contribution is -2.28. The van der Waals surface area contributed by atoms with Crippen LogP contribution in [0.5, 0.6) is 0 Å². The Labute approximate surface area is 86.7 Å². The average Bonchev–Trinajstić information content (AvgIpc) is 2.18. The minimum atomic E-state index is 0.561. The van der Waals surface area contributed by atoms with Gasteiger partial charge in [0, 0.05) is 18.5 Å². The van der Waals surface area contributed by atoms with Gasteiger partial charge in [-0.05, 0) is 30.7 Å². The van der Waals surface area contributed by atoms with Crippen LogP contribution in [0.15, 0.2) is 33.6 Å². The number of hydrogen-bond acceptors (Lipinski definition) is 3. The summed E-state index contributed by atoms with van der Waals surface area (Å²) in [5.41, 5.74) is 1.15. The van der Waals surface area contributed by atoms with Crippen molar-refractivity contribution in [2.45, 2.75) is 11.8 Å². The first kappa shape index (κ1) is 8.91. The van der Waals surface area contributed by atoms with Crippen LogP contribution < -0.4 is 4.90 Å². The van der Waals surface area contributed by atoms with Crippen molar-refractivity contribution >= 4 is 34.5 Å². The Kier molecular flexibility index (Phi) is 2.47. The van der Waals surface area contributed by atoms with Gasteiger partial charge in [0.05, 0.1) is 10.6 Å². The second-order valence-corrected chi connectivity index (χ2v) is 3.81. The quantitative estimate of drug-likeness (QED) is 0.525. The molecule has 0 aliphatic carbocycles. The van der Waals surface area contributed by atoms with E-state index < -0.39 is 0 Å². The van der Waals surface area contributed by atoms with Gasteiger partial charge in [-0.15, -0.1) is 0 Å². The van der Waals surface area contributed by atoms with Crippen molar-refractivity contribution in [3.63, 3.8) is 0 Å². The third-order valence-electron chi connectivity index (χ3n) is 1.91. The molecular weight excluding hydrogens is 204 g/mol. The van der Waals surface area contributed by atoms with E-state index in [1.54, 1.807) is 0 Å². The summed E-state index contributed by atoms with van der Waals surface area (Å²) in [6.07, 6.45) is 0. The SMILES string of the molecule is CCN1C(Cl)=NSc2ccccc21. The van der Waals surface area contributed by atoms with Crippen molar-refractivity contribution in [3.8, 4) is 0 Å². The Morgan fingerprint density at radius 2 is 2.23 bits per heavy atom. The van der Waals surface area contributed by atoms with Gasteiger partial charge in [0.2, 0.25) is 5.29 Å². The highest BCUT2D eigenvalue weighted by atomic mass is 35.5. The summed E-state index contributed by atoms with van der Waals surface area (Å²) in [6, 6.07) is 8.13. The first-order chi connectivity index (χ1) is 6.33. The Balaban J connectivity index is 2.46. The van der Waals surface area contributed by atoms with Gasteiger partial charge >= 0.3 is 0 Å². The summed E-state index contributed by atoms with van der Waals surface area (Å²) in [5.74, 6) is 0. The molecule has 0 atom stereocenters. The fourth-order valence-corrected chi connectivity index (χ4v) is 2.29. The van der Waals surface area contributed by atoms with Crippen LogP contribution in [0.1, 0.15) is 6.92 Å². The van der Waals surface area contributed by atoms with E-state index >= 15 is 0 Å². The Morgan fingerprint density at radius 1 is 1.46 bits per heavy atom. The smallest absolute Gasteiger partial charge is 0.210 e. The maximum Gasteiger partial charge on any atom is 0.210 e. The predicted octanol–water partition coefficient (Wildman–Crippen LogP) is 3.13. The third kappa shape index (κ3) is 1.54. The van der Waals surface area contributed by atoms with E-state index in [-0.39, 0.29) is 0 Å². The van der Waals surface area contributed by atoms with Crippen LogP contribution >= 0.6 is 23.5 Å². The molecule has 2 rings (SSSR count). The third-order valence-corrected chi connectivity index (χ3v) is 3.11. The number of nitrogens with zero attached hydrogens (tertiary/aromatic N) is 2. The van der Waals surface area contributed by atoms with Gasteiger partial charge in [0.1, 0.15) is 0 Å². The molecule has 1 aromatic rings. The number of benzene rings is 1. The summed E-state index contributed by atoms with van der Waals surface area (Å²) >= 11 is 7.40. The molecule has 0 amide bonds. The van der Waals surface area contributed by atoms with E-state index in [4.69, 9.17) is 11.6 Å². The van der Waals surface area contributed by atoms with Crippen molar-refractivity contribution in [3.05, 3.63) is 24.3 Å². The zero-order chi connectivity index (χ0) is 9.26. The highest BCUT2D eigenvalue weighted by Crippen LogP contribution is 2.35. The van der Waals surface area contributed by atoms with Crippen LogP contribution in [-0.4, -0.2) is 11.8 Å². The molecule has 13 heavy (non-hydrogen) atoms. The van der Waals surface area contributed by atoms with Crippen molar-refractivity contribution in [1.29, 1.82) is 0 Å². The lowest BCUT2D eigenvalue weighted by molar-refractivity contribution is 1.04. The fraction of sp³-hybridized carbons (Fsp3) is 0.222. The van der Waals surface area contributed by atoms with Crippen LogP contribution in [0, 0.1) is 0 Å². The van der Waals surface area contributed by atoms with Crippen molar-refractivity contribution < 1.29 is 0 Å². The summed E-state index contributed by atoms with van der Waals surface area (Å²) < 4.78 is 4.15. The van der Waals surface area contributed by atoms with Crippen LogP contribution in [0.3, 0.4) is 0 Å². The zero-order valence-corrected chi connectivity index (χ0v) is 8.77. The van der Waals surface area contributed by atoms with Crippen LogP contribution in [-0.2, 0) is 0 Å². The molecule has 0 radical (unpaired) electrons. The average molecular weight is 213 g/mol. The van der Waals surface area contributed by atoms with Gasteiger partial charge < -0.3 is 4.90 Å². The summed E-state index contributed by atoms with van der Waals surface area (Å²) in [6.45, 7) is 2.91. The number of hydrogen-bond donors (Lipinski definition) is 0. The molecule has 0 saturated heterocycles. The molecule has 0 unspecified atom stereocenters. The van der Waals surface area contributed by atoms with Gasteiger partial charge in [-0.2, -0.15) is 4.40 Å². The fourth-order valence-electron chi connectivity index (χ4n) is 1.29. The standard InChI is InChI=1S/C9H9ClN2S/c1-2-12-7-5-3-4-6-8(7)13-11-9(12)10/h3-6H,2H2,1H3. The Bertz CT molecular complexity index is 351. The van der Waals surface area contributed by atoms with E-state index in [9.17, 15) is 0 Å². The van der Waals surface area contributed by atoms with Gasteiger partial charge in [0.25, 0.3) is 0 Å². The van der Waals surface area contributed by atoms with Crippen molar-refractivity contribution in [1.82, 2.24) is 0 Å². The normalized spacial score (nSPS) is 15.2. The van der Waals surface area contributed by atoms with Gasteiger partial charge in [-0.3, -0.25) is 0 Å². The minimum Gasteiger partial charge on any atom is -0.315 e. The molecule has 68 valence electrons. The summed E-state index contributed by atoms with van der Waals surface area (Å²) in [4.78, 5) is 3.15. The molecule has 0 fully saturated rings. The van der Waals surface area contributed by atoms with Gasteiger partial charge in [0.15, 0.2) is 0 Å². The van der Waals surface area contributed by atoms with Gasteiger partial charge in [-0.1, -0.05) is 12.1 Å². The highest BCUT2D eigenvalue weighted by Gasteiger charge is 2.18. The number of anilines is 1. The molecule has 0 N–H and O–H groups in total. The molecule has 1 aromatic carbocycles. The summed E-state index contributed by atoms with van der Waals surface area (Å²) in [7, 11) is 0. The maximum atomic E-state index is 5.97. The lowest BCUT2D eigenvalue weighted by Gasteiger charge is -2.25. The number of amidine groups is 1. The second kappa shape index (κ2) is 3.60. The maximum absolute atomic E-state index is 5.97. The summed E-state index contributed by atoms with van der Waals surface area (Å²) in [5, 5.41) is 0.561. The van der Waals surface area contributed by atoms with E-state index in [0.29, 0.717) is 5.29 Å². The highest BCUT2D eigenvalue weighted by molar-refractivity contribution is 7.98. The number of para-hydroxylation sites is 1. The number of rotatable bonds is 1. The molecule has 1 aliphatic heterocycles. The first-order valence-electron chi connectivity index (χ1n) is 4.10. The monoisotopic (exact) mass is 212 g/mol. The molecular formula is C9H9ClN2S.